The van der Waals surface area contributed by atoms with E-state index in [1.54, 1.807) is 0 Å². The largest absolute Gasteiger partial charge is 0.361 e. The van der Waals surface area contributed by atoms with Crippen LogP contribution in [-0.4, -0.2) is 16.9 Å². The first-order valence-corrected chi connectivity index (χ1v) is 6.07. The van der Waals surface area contributed by atoms with Crippen molar-refractivity contribution in [3.8, 4) is 0 Å². The van der Waals surface area contributed by atoms with Crippen LogP contribution in [0.15, 0.2) is 24.3 Å². The average Bonchev–Trinajstić information content (AvgIpc) is 2.36. The summed E-state index contributed by atoms with van der Waals surface area (Å²) < 4.78 is 0. The fourth-order valence-corrected chi connectivity index (χ4v) is 1.46. The standard InChI is InChI=1S/C12H16N4O2S/c1-7(2)8-3-5-9(6-4-8)14-12(19)16-15-11(18)10(13)17/h3-7H,1-2H3,(H2,13,17)(H,15,18)(H2,14,16,19). The first kappa shape index (κ1) is 14.9. The monoisotopic (exact) mass is 280 g/mol. The Morgan fingerprint density at radius 2 is 1.74 bits per heavy atom. The summed E-state index contributed by atoms with van der Waals surface area (Å²) in [6.07, 6.45) is 0. The molecule has 1 rings (SSSR count). The molecule has 7 heteroatoms. The molecular formula is C12H16N4O2S. The Morgan fingerprint density at radius 1 is 1.16 bits per heavy atom. The number of hydrazine groups is 1. The van der Waals surface area contributed by atoms with Crippen molar-refractivity contribution in [3.63, 3.8) is 0 Å². The number of benzene rings is 1. The van der Waals surface area contributed by atoms with Crippen molar-refractivity contribution in [1.82, 2.24) is 10.9 Å². The molecule has 2 amide bonds. The third kappa shape index (κ3) is 4.92. The van der Waals surface area contributed by atoms with E-state index in [-0.39, 0.29) is 5.11 Å². The van der Waals surface area contributed by atoms with Crippen LogP contribution < -0.4 is 21.9 Å². The zero-order chi connectivity index (χ0) is 14.4. The Hall–Kier alpha value is -2.15. The molecule has 0 radical (unpaired) electrons. The van der Waals surface area contributed by atoms with Crippen LogP contribution >= 0.6 is 12.2 Å². The second kappa shape index (κ2) is 6.69. The van der Waals surface area contributed by atoms with Gasteiger partial charge in [0.1, 0.15) is 0 Å². The fraction of sp³-hybridized carbons (Fsp3) is 0.250. The van der Waals surface area contributed by atoms with Crippen LogP contribution in [0.5, 0.6) is 0 Å². The summed E-state index contributed by atoms with van der Waals surface area (Å²) in [5.41, 5.74) is 11.2. The van der Waals surface area contributed by atoms with Crippen LogP contribution in [0.25, 0.3) is 0 Å². The highest BCUT2D eigenvalue weighted by Crippen LogP contribution is 2.16. The lowest BCUT2D eigenvalue weighted by Crippen LogP contribution is -2.48. The van der Waals surface area contributed by atoms with Gasteiger partial charge in [0.05, 0.1) is 0 Å². The van der Waals surface area contributed by atoms with Gasteiger partial charge in [0.2, 0.25) is 0 Å². The number of hydrogen-bond donors (Lipinski definition) is 4. The molecular weight excluding hydrogens is 264 g/mol. The number of nitrogens with two attached hydrogens (primary N) is 1. The molecule has 0 atom stereocenters. The van der Waals surface area contributed by atoms with E-state index in [0.717, 1.165) is 5.69 Å². The van der Waals surface area contributed by atoms with Gasteiger partial charge in [0, 0.05) is 5.69 Å². The third-order valence-electron chi connectivity index (χ3n) is 2.35. The predicted molar refractivity (Wildman–Crippen MR) is 77.2 cm³/mol. The number of primary amides is 1. The van der Waals surface area contributed by atoms with Crippen molar-refractivity contribution in [2.45, 2.75) is 19.8 Å². The molecule has 19 heavy (non-hydrogen) atoms. The number of thiocarbonyl (C=S) groups is 1. The highest BCUT2D eigenvalue weighted by molar-refractivity contribution is 7.80. The molecule has 0 spiro atoms. The number of anilines is 1. The Morgan fingerprint density at radius 3 is 2.21 bits per heavy atom. The first-order chi connectivity index (χ1) is 8.90. The van der Waals surface area contributed by atoms with Gasteiger partial charge < -0.3 is 11.1 Å². The second-order valence-electron chi connectivity index (χ2n) is 4.17. The van der Waals surface area contributed by atoms with E-state index in [9.17, 15) is 9.59 Å². The lowest BCUT2D eigenvalue weighted by molar-refractivity contribution is -0.137. The predicted octanol–water partition coefficient (Wildman–Crippen LogP) is 0.613. The molecule has 102 valence electrons. The van der Waals surface area contributed by atoms with Crippen LogP contribution in [0.4, 0.5) is 5.69 Å². The summed E-state index contributed by atoms with van der Waals surface area (Å²) in [6.45, 7) is 4.21. The SMILES string of the molecule is CC(C)c1ccc(NC(=S)NNC(=O)C(N)=O)cc1. The molecule has 0 aliphatic rings. The van der Waals surface area contributed by atoms with E-state index in [1.165, 1.54) is 5.56 Å². The Balaban J connectivity index is 2.48. The lowest BCUT2D eigenvalue weighted by atomic mass is 10.0. The first-order valence-electron chi connectivity index (χ1n) is 5.67. The van der Waals surface area contributed by atoms with Crippen LogP contribution in [-0.2, 0) is 9.59 Å². The van der Waals surface area contributed by atoms with Gasteiger partial charge in [-0.3, -0.25) is 20.4 Å². The number of carbonyl (C=O) groups is 2. The van der Waals surface area contributed by atoms with Crippen molar-refractivity contribution in [3.05, 3.63) is 29.8 Å². The molecule has 0 aliphatic carbocycles. The van der Waals surface area contributed by atoms with Crippen molar-refractivity contribution >= 4 is 34.8 Å². The number of nitrogens with one attached hydrogen (secondary N) is 3. The quantitative estimate of drug-likeness (QED) is 0.362. The minimum absolute atomic E-state index is 0.159. The Labute approximate surface area is 116 Å². The molecule has 0 saturated carbocycles. The maximum Gasteiger partial charge on any atom is 0.327 e. The maximum absolute atomic E-state index is 10.9. The van der Waals surface area contributed by atoms with E-state index >= 15 is 0 Å². The van der Waals surface area contributed by atoms with E-state index in [0.29, 0.717) is 5.92 Å². The van der Waals surface area contributed by atoms with Crippen LogP contribution in [0.2, 0.25) is 0 Å². The maximum atomic E-state index is 10.9. The molecule has 1 aromatic carbocycles. The number of carbonyl (C=O) groups excluding carboxylic acids is 2. The van der Waals surface area contributed by atoms with Gasteiger partial charge in [-0.05, 0) is 35.8 Å². The summed E-state index contributed by atoms with van der Waals surface area (Å²) in [5, 5.41) is 3.01. The minimum Gasteiger partial charge on any atom is -0.361 e. The van der Waals surface area contributed by atoms with Gasteiger partial charge in [0.25, 0.3) is 0 Å². The van der Waals surface area contributed by atoms with Crippen LogP contribution in [0, 0.1) is 0 Å². The summed E-state index contributed by atoms with van der Waals surface area (Å²) in [7, 11) is 0. The van der Waals surface area contributed by atoms with E-state index in [1.807, 2.05) is 24.3 Å². The summed E-state index contributed by atoms with van der Waals surface area (Å²) >= 11 is 4.94. The molecule has 0 fully saturated rings. The Kier molecular flexibility index (Phi) is 5.25. The van der Waals surface area contributed by atoms with Gasteiger partial charge in [0.15, 0.2) is 5.11 Å². The normalized spacial score (nSPS) is 9.84. The zero-order valence-electron chi connectivity index (χ0n) is 10.7. The fourth-order valence-electron chi connectivity index (χ4n) is 1.29. The average molecular weight is 280 g/mol. The highest BCUT2D eigenvalue weighted by Gasteiger charge is 2.07. The van der Waals surface area contributed by atoms with Gasteiger partial charge >= 0.3 is 11.8 Å². The molecule has 0 heterocycles. The molecule has 5 N–H and O–H groups in total. The highest BCUT2D eigenvalue weighted by atomic mass is 32.1. The van der Waals surface area contributed by atoms with Gasteiger partial charge in [-0.25, -0.2) is 0 Å². The third-order valence-corrected chi connectivity index (χ3v) is 2.55. The molecule has 1 aromatic rings. The number of rotatable bonds is 2. The smallest absolute Gasteiger partial charge is 0.327 e. The van der Waals surface area contributed by atoms with Gasteiger partial charge in [-0.1, -0.05) is 26.0 Å². The Bertz CT molecular complexity index is 485. The zero-order valence-corrected chi connectivity index (χ0v) is 11.5. The molecule has 0 bridgehead atoms. The summed E-state index contributed by atoms with van der Waals surface area (Å²) in [4.78, 5) is 21.4. The van der Waals surface area contributed by atoms with Crippen LogP contribution in [0.3, 0.4) is 0 Å². The number of amides is 2. The van der Waals surface area contributed by atoms with E-state index in [4.69, 9.17) is 18.0 Å². The van der Waals surface area contributed by atoms with E-state index < -0.39 is 11.8 Å². The molecule has 0 aromatic heterocycles. The van der Waals surface area contributed by atoms with Crippen molar-refractivity contribution in [1.29, 1.82) is 0 Å². The summed E-state index contributed by atoms with van der Waals surface area (Å²) in [5.74, 6) is -1.59. The molecule has 6 nitrogen and oxygen atoms in total. The number of hydrogen-bond acceptors (Lipinski definition) is 3. The molecule has 0 unspecified atom stereocenters. The lowest BCUT2D eigenvalue weighted by Gasteiger charge is -2.11. The van der Waals surface area contributed by atoms with Gasteiger partial charge in [-0.15, -0.1) is 0 Å². The second-order valence-corrected chi connectivity index (χ2v) is 4.58. The van der Waals surface area contributed by atoms with Crippen molar-refractivity contribution in [2.24, 2.45) is 5.73 Å². The van der Waals surface area contributed by atoms with Crippen molar-refractivity contribution < 1.29 is 9.59 Å². The van der Waals surface area contributed by atoms with Crippen molar-refractivity contribution in [2.75, 3.05) is 5.32 Å². The van der Waals surface area contributed by atoms with Gasteiger partial charge in [-0.2, -0.15) is 0 Å². The molecule has 0 aliphatic heterocycles. The topological polar surface area (TPSA) is 96.2 Å². The minimum atomic E-state index is -1.09. The van der Waals surface area contributed by atoms with Crippen LogP contribution in [0.1, 0.15) is 25.3 Å². The van der Waals surface area contributed by atoms with E-state index in [2.05, 4.69) is 30.0 Å². The molecule has 0 saturated heterocycles. The summed E-state index contributed by atoms with van der Waals surface area (Å²) in [6, 6.07) is 7.72.